The first-order chi connectivity index (χ1) is 16.1. The zero-order valence-corrected chi connectivity index (χ0v) is 20.4. The van der Waals surface area contributed by atoms with Crippen LogP contribution in [-0.4, -0.2) is 0 Å². The van der Waals surface area contributed by atoms with Gasteiger partial charge in [-0.25, -0.2) is 4.39 Å². The number of rotatable bonds is 9. The predicted molar refractivity (Wildman–Crippen MR) is 138 cm³/mol. The highest BCUT2D eigenvalue weighted by molar-refractivity contribution is 5.29. The zero-order valence-electron chi connectivity index (χ0n) is 20.4. The van der Waals surface area contributed by atoms with Gasteiger partial charge in [0.2, 0.25) is 0 Å². The lowest BCUT2D eigenvalue weighted by molar-refractivity contribution is 0.297. The molecule has 0 aliphatic heterocycles. The summed E-state index contributed by atoms with van der Waals surface area (Å²) in [6.07, 6.45) is 10.3. The summed E-state index contributed by atoms with van der Waals surface area (Å²) < 4.78 is 14.2. The third-order valence-corrected chi connectivity index (χ3v) is 7.69. The van der Waals surface area contributed by atoms with Gasteiger partial charge in [-0.3, -0.25) is 0 Å². The number of hydrogen-bond donors (Lipinski definition) is 0. The van der Waals surface area contributed by atoms with Crippen molar-refractivity contribution in [2.45, 2.75) is 83.5 Å². The number of hydrogen-bond acceptors (Lipinski definition) is 0. The molecule has 174 valence electrons. The smallest absolute Gasteiger partial charge is 0.126 e. The van der Waals surface area contributed by atoms with Crippen molar-refractivity contribution in [3.8, 4) is 0 Å². The molecule has 1 saturated carbocycles. The summed E-state index contributed by atoms with van der Waals surface area (Å²) in [4.78, 5) is 0. The third kappa shape index (κ3) is 6.56. The Morgan fingerprint density at radius 3 is 2.12 bits per heavy atom. The fraction of sp³-hybridized carbons (Fsp3) is 0.438. The van der Waals surface area contributed by atoms with E-state index in [0.29, 0.717) is 11.8 Å². The molecule has 0 nitrogen and oxygen atoms in total. The van der Waals surface area contributed by atoms with E-state index in [0.717, 1.165) is 42.7 Å². The first kappa shape index (κ1) is 23.7. The van der Waals surface area contributed by atoms with Gasteiger partial charge in [0.15, 0.2) is 0 Å². The average Bonchev–Trinajstić information content (AvgIpc) is 2.86. The van der Waals surface area contributed by atoms with Crippen LogP contribution in [0.5, 0.6) is 0 Å². The van der Waals surface area contributed by atoms with Crippen LogP contribution in [0.25, 0.3) is 0 Å². The molecular formula is C32H39F. The molecule has 0 saturated heterocycles. The minimum atomic E-state index is -0.0431. The molecule has 0 aromatic heterocycles. The molecule has 33 heavy (non-hydrogen) atoms. The Morgan fingerprint density at radius 1 is 0.788 bits per heavy atom. The molecule has 1 aliphatic carbocycles. The molecule has 1 atom stereocenters. The second-order valence-corrected chi connectivity index (χ2v) is 10.2. The monoisotopic (exact) mass is 442 g/mol. The van der Waals surface area contributed by atoms with Crippen LogP contribution in [0, 0.1) is 11.7 Å². The van der Waals surface area contributed by atoms with Crippen LogP contribution < -0.4 is 0 Å². The van der Waals surface area contributed by atoms with Crippen molar-refractivity contribution in [2.75, 3.05) is 0 Å². The molecule has 0 spiro atoms. The number of benzene rings is 3. The van der Waals surface area contributed by atoms with E-state index in [1.54, 1.807) is 6.07 Å². The molecule has 4 rings (SSSR count). The second-order valence-electron chi connectivity index (χ2n) is 10.2. The Morgan fingerprint density at radius 2 is 1.45 bits per heavy atom. The maximum atomic E-state index is 14.2. The quantitative estimate of drug-likeness (QED) is 0.310. The van der Waals surface area contributed by atoms with E-state index in [2.05, 4.69) is 74.5 Å². The zero-order chi connectivity index (χ0) is 23.0. The highest BCUT2D eigenvalue weighted by atomic mass is 19.1. The highest BCUT2D eigenvalue weighted by Gasteiger charge is 2.24. The number of halogens is 1. The van der Waals surface area contributed by atoms with Crippen molar-refractivity contribution in [1.82, 2.24) is 0 Å². The van der Waals surface area contributed by atoms with Gasteiger partial charge >= 0.3 is 0 Å². The van der Waals surface area contributed by atoms with Gasteiger partial charge in [-0.15, -0.1) is 0 Å². The Kier molecular flexibility index (Phi) is 8.37. The van der Waals surface area contributed by atoms with Crippen molar-refractivity contribution >= 4 is 0 Å². The van der Waals surface area contributed by atoms with Gasteiger partial charge in [0.05, 0.1) is 0 Å². The summed E-state index contributed by atoms with van der Waals surface area (Å²) >= 11 is 0. The van der Waals surface area contributed by atoms with Gasteiger partial charge in [-0.1, -0.05) is 87.0 Å². The van der Waals surface area contributed by atoms with Crippen LogP contribution >= 0.6 is 0 Å². The molecule has 0 amide bonds. The minimum Gasteiger partial charge on any atom is -0.207 e. The van der Waals surface area contributed by atoms with Gasteiger partial charge in [0.25, 0.3) is 0 Å². The van der Waals surface area contributed by atoms with Crippen LogP contribution in [0.15, 0.2) is 72.8 Å². The number of aryl methyl sites for hydroxylation is 3. The van der Waals surface area contributed by atoms with Crippen LogP contribution in [0.2, 0.25) is 0 Å². The summed E-state index contributed by atoms with van der Waals surface area (Å²) in [5.41, 5.74) is 6.27. The van der Waals surface area contributed by atoms with E-state index >= 15 is 0 Å². The van der Waals surface area contributed by atoms with Gasteiger partial charge in [0.1, 0.15) is 5.82 Å². The molecular weight excluding hydrogens is 403 g/mol. The highest BCUT2D eigenvalue weighted by Crippen LogP contribution is 2.39. The molecule has 0 unspecified atom stereocenters. The first-order valence-electron chi connectivity index (χ1n) is 13.0. The molecule has 1 heteroatoms. The first-order valence-corrected chi connectivity index (χ1v) is 13.0. The van der Waals surface area contributed by atoms with Crippen molar-refractivity contribution in [3.05, 3.63) is 106 Å². The molecule has 1 fully saturated rings. The fourth-order valence-corrected chi connectivity index (χ4v) is 5.61. The average molecular weight is 443 g/mol. The van der Waals surface area contributed by atoms with Crippen LogP contribution in [-0.2, 0) is 19.3 Å². The SMILES string of the molecule is CCCc1ccc(CCc2ccc(C3CCC(C[C@H](C)c4ccccc4)CC3)cc2)cc1F. The van der Waals surface area contributed by atoms with E-state index in [1.807, 2.05) is 6.07 Å². The van der Waals surface area contributed by atoms with E-state index in [4.69, 9.17) is 0 Å². The van der Waals surface area contributed by atoms with Gasteiger partial charge in [-0.2, -0.15) is 0 Å². The maximum absolute atomic E-state index is 14.2. The van der Waals surface area contributed by atoms with E-state index in [1.165, 1.54) is 48.8 Å². The normalized spacial score (nSPS) is 19.4. The second kappa shape index (κ2) is 11.6. The minimum absolute atomic E-state index is 0.0431. The van der Waals surface area contributed by atoms with Crippen LogP contribution in [0.1, 0.15) is 92.0 Å². The predicted octanol–water partition coefficient (Wildman–Crippen LogP) is 9.03. The Hall–Kier alpha value is -2.41. The lowest BCUT2D eigenvalue weighted by Crippen LogP contribution is -2.15. The van der Waals surface area contributed by atoms with Gasteiger partial charge in [0, 0.05) is 0 Å². The molecule has 3 aromatic rings. The van der Waals surface area contributed by atoms with Crippen molar-refractivity contribution in [2.24, 2.45) is 5.92 Å². The van der Waals surface area contributed by atoms with Crippen molar-refractivity contribution in [3.63, 3.8) is 0 Å². The summed E-state index contributed by atoms with van der Waals surface area (Å²) in [7, 11) is 0. The Balaban J connectivity index is 1.25. The maximum Gasteiger partial charge on any atom is 0.126 e. The van der Waals surface area contributed by atoms with Crippen molar-refractivity contribution in [1.29, 1.82) is 0 Å². The molecule has 0 N–H and O–H groups in total. The topological polar surface area (TPSA) is 0 Å². The lowest BCUT2D eigenvalue weighted by atomic mass is 9.75. The summed E-state index contributed by atoms with van der Waals surface area (Å²) in [5.74, 6) is 2.18. The summed E-state index contributed by atoms with van der Waals surface area (Å²) in [5, 5.41) is 0. The largest absolute Gasteiger partial charge is 0.207 e. The Bertz CT molecular complexity index is 981. The molecule has 0 bridgehead atoms. The molecule has 0 heterocycles. The van der Waals surface area contributed by atoms with Gasteiger partial charge < -0.3 is 0 Å². The molecule has 3 aromatic carbocycles. The van der Waals surface area contributed by atoms with E-state index in [-0.39, 0.29) is 5.82 Å². The van der Waals surface area contributed by atoms with Crippen LogP contribution in [0.4, 0.5) is 4.39 Å². The third-order valence-electron chi connectivity index (χ3n) is 7.69. The Labute approximate surface area is 200 Å². The van der Waals surface area contributed by atoms with Crippen LogP contribution in [0.3, 0.4) is 0 Å². The van der Waals surface area contributed by atoms with Crippen molar-refractivity contribution < 1.29 is 4.39 Å². The molecule has 0 radical (unpaired) electrons. The van der Waals surface area contributed by atoms with E-state index < -0.39 is 0 Å². The summed E-state index contributed by atoms with van der Waals surface area (Å²) in [6, 6.07) is 26.0. The molecule has 1 aliphatic rings. The van der Waals surface area contributed by atoms with E-state index in [9.17, 15) is 4.39 Å². The van der Waals surface area contributed by atoms with Gasteiger partial charge in [-0.05, 0) is 103 Å². The summed E-state index contributed by atoms with van der Waals surface area (Å²) in [6.45, 7) is 4.48. The lowest BCUT2D eigenvalue weighted by Gasteiger charge is -2.30. The standard InChI is InChI=1S/C32H39F/c1-3-7-31-21-16-27(23-32(31)33)11-10-25-12-17-29(18-13-25)30-19-14-26(15-20-30)22-24(2)28-8-5-4-6-9-28/h4-6,8-9,12-13,16-18,21,23-24,26,30H,3,7,10-11,14-15,19-20,22H2,1-2H3/t24-,26?,30?/m0/s1. The fourth-order valence-electron chi connectivity index (χ4n) is 5.61.